The first-order valence-electron chi connectivity index (χ1n) is 3.08. The van der Waals surface area contributed by atoms with Crippen molar-refractivity contribution in [3.05, 3.63) is 17.5 Å². The van der Waals surface area contributed by atoms with Crippen molar-refractivity contribution in [1.82, 2.24) is 10.2 Å². The maximum absolute atomic E-state index is 10.9. The van der Waals surface area contributed by atoms with E-state index in [9.17, 15) is 9.59 Å². The number of aromatic nitrogens is 2. The van der Waals surface area contributed by atoms with Crippen LogP contribution >= 0.6 is 0 Å². The Balaban J connectivity index is 3.07. The number of rotatable bonds is 2. The molecular formula is C6H7N3O3. The minimum Gasteiger partial charge on any atom is -0.465 e. The minimum atomic E-state index is -0.743. The van der Waals surface area contributed by atoms with Gasteiger partial charge in [-0.05, 0) is 0 Å². The molecule has 1 aromatic rings. The van der Waals surface area contributed by atoms with E-state index in [0.717, 1.165) is 0 Å². The molecule has 3 N–H and O–H groups in total. The van der Waals surface area contributed by atoms with Crippen LogP contribution in [0.15, 0.2) is 6.20 Å². The number of nitrogens with two attached hydrogens (primary N) is 1. The normalized spacial score (nSPS) is 9.42. The van der Waals surface area contributed by atoms with Gasteiger partial charge in [0.1, 0.15) is 11.3 Å². The Hall–Kier alpha value is -1.85. The first-order valence-corrected chi connectivity index (χ1v) is 3.08. The standard InChI is InChI=1S/C6H7N3O3/c1-12-6(11)3-2-8-9-4(3)5(7)10/h2H,1H3,(H2,7,10)(H,8,9). The molecule has 0 spiro atoms. The van der Waals surface area contributed by atoms with E-state index < -0.39 is 11.9 Å². The molecule has 1 rings (SSSR count). The van der Waals surface area contributed by atoms with E-state index in [1.807, 2.05) is 0 Å². The molecule has 6 heteroatoms. The van der Waals surface area contributed by atoms with Crippen molar-refractivity contribution in [2.45, 2.75) is 0 Å². The van der Waals surface area contributed by atoms with Gasteiger partial charge in [0.15, 0.2) is 0 Å². The Bertz CT molecular complexity index is 318. The van der Waals surface area contributed by atoms with Crippen molar-refractivity contribution < 1.29 is 14.3 Å². The van der Waals surface area contributed by atoms with E-state index in [1.54, 1.807) is 0 Å². The molecule has 0 aliphatic heterocycles. The third-order valence-corrected chi connectivity index (χ3v) is 1.29. The van der Waals surface area contributed by atoms with Crippen LogP contribution in [0.2, 0.25) is 0 Å². The zero-order valence-corrected chi connectivity index (χ0v) is 6.33. The summed E-state index contributed by atoms with van der Waals surface area (Å²) in [5, 5.41) is 5.78. The first kappa shape index (κ1) is 8.25. The minimum absolute atomic E-state index is 0.0400. The number of carbonyl (C=O) groups is 2. The van der Waals surface area contributed by atoms with Crippen LogP contribution in [0.3, 0.4) is 0 Å². The summed E-state index contributed by atoms with van der Waals surface area (Å²) in [6, 6.07) is 0. The molecule has 0 atom stereocenters. The average Bonchev–Trinajstić information content (AvgIpc) is 2.50. The second-order valence-electron chi connectivity index (χ2n) is 2.01. The van der Waals surface area contributed by atoms with Gasteiger partial charge in [0.05, 0.1) is 13.3 Å². The maximum Gasteiger partial charge on any atom is 0.341 e. The quantitative estimate of drug-likeness (QED) is 0.571. The second-order valence-corrected chi connectivity index (χ2v) is 2.01. The van der Waals surface area contributed by atoms with E-state index >= 15 is 0 Å². The highest BCUT2D eigenvalue weighted by atomic mass is 16.5. The molecule has 1 amide bonds. The number of primary amides is 1. The molecule has 1 aromatic heterocycles. The number of methoxy groups -OCH3 is 1. The number of esters is 1. The number of hydrogen-bond acceptors (Lipinski definition) is 4. The van der Waals surface area contributed by atoms with Gasteiger partial charge in [-0.15, -0.1) is 0 Å². The number of ether oxygens (including phenoxy) is 1. The molecule has 0 aliphatic carbocycles. The lowest BCUT2D eigenvalue weighted by Crippen LogP contribution is -2.16. The Kier molecular flexibility index (Phi) is 2.09. The number of amides is 1. The molecule has 0 saturated carbocycles. The Morgan fingerprint density at radius 1 is 1.67 bits per heavy atom. The molecule has 0 bridgehead atoms. The zero-order valence-electron chi connectivity index (χ0n) is 6.33. The van der Waals surface area contributed by atoms with Gasteiger partial charge < -0.3 is 10.5 Å². The zero-order chi connectivity index (χ0) is 9.14. The highest BCUT2D eigenvalue weighted by molar-refractivity contribution is 6.03. The van der Waals surface area contributed by atoms with Crippen LogP contribution in [0.5, 0.6) is 0 Å². The van der Waals surface area contributed by atoms with Crippen LogP contribution in [-0.2, 0) is 4.74 Å². The fourth-order valence-corrected chi connectivity index (χ4v) is 0.739. The fraction of sp³-hybridized carbons (Fsp3) is 0.167. The molecule has 0 unspecified atom stereocenters. The van der Waals surface area contributed by atoms with E-state index in [-0.39, 0.29) is 11.3 Å². The predicted molar refractivity (Wildman–Crippen MR) is 38.4 cm³/mol. The van der Waals surface area contributed by atoms with Crippen molar-refractivity contribution in [3.8, 4) is 0 Å². The van der Waals surface area contributed by atoms with Crippen LogP contribution in [0, 0.1) is 0 Å². The molecule has 0 saturated heterocycles. The molecule has 12 heavy (non-hydrogen) atoms. The Labute approximate surface area is 67.7 Å². The monoisotopic (exact) mass is 169 g/mol. The fourth-order valence-electron chi connectivity index (χ4n) is 0.739. The molecule has 0 aromatic carbocycles. The summed E-state index contributed by atoms with van der Waals surface area (Å²) in [7, 11) is 1.21. The summed E-state index contributed by atoms with van der Waals surface area (Å²) >= 11 is 0. The Morgan fingerprint density at radius 2 is 2.33 bits per heavy atom. The number of hydrogen-bond donors (Lipinski definition) is 2. The molecular weight excluding hydrogens is 162 g/mol. The van der Waals surface area contributed by atoms with Gasteiger partial charge in [-0.25, -0.2) is 4.79 Å². The van der Waals surface area contributed by atoms with Crippen LogP contribution in [0.1, 0.15) is 20.8 Å². The molecule has 0 radical (unpaired) electrons. The number of carbonyl (C=O) groups excluding carboxylic acids is 2. The predicted octanol–water partition coefficient (Wildman–Crippen LogP) is -0.705. The van der Waals surface area contributed by atoms with Crippen molar-refractivity contribution >= 4 is 11.9 Å². The van der Waals surface area contributed by atoms with Gasteiger partial charge in [-0.1, -0.05) is 0 Å². The van der Waals surface area contributed by atoms with Gasteiger partial charge in [0.2, 0.25) is 0 Å². The summed E-state index contributed by atoms with van der Waals surface area (Å²) < 4.78 is 4.38. The smallest absolute Gasteiger partial charge is 0.341 e. The summed E-state index contributed by atoms with van der Waals surface area (Å²) in [6.07, 6.45) is 1.19. The summed E-state index contributed by atoms with van der Waals surface area (Å²) in [5.74, 6) is -1.38. The first-order chi connectivity index (χ1) is 5.66. The SMILES string of the molecule is COC(=O)c1cn[nH]c1C(N)=O. The second kappa shape index (κ2) is 3.04. The number of H-pyrrole nitrogens is 1. The highest BCUT2D eigenvalue weighted by Crippen LogP contribution is 2.04. The van der Waals surface area contributed by atoms with Crippen LogP contribution < -0.4 is 5.73 Å². The van der Waals surface area contributed by atoms with Gasteiger partial charge in [-0.3, -0.25) is 9.89 Å². The highest BCUT2D eigenvalue weighted by Gasteiger charge is 2.17. The largest absolute Gasteiger partial charge is 0.465 e. The molecule has 1 heterocycles. The number of nitrogens with one attached hydrogen (secondary N) is 1. The van der Waals surface area contributed by atoms with Crippen molar-refractivity contribution in [3.63, 3.8) is 0 Å². The topological polar surface area (TPSA) is 98.1 Å². The van der Waals surface area contributed by atoms with Crippen LogP contribution in [0.4, 0.5) is 0 Å². The molecule has 6 nitrogen and oxygen atoms in total. The van der Waals surface area contributed by atoms with E-state index in [1.165, 1.54) is 13.3 Å². The number of nitrogens with zero attached hydrogens (tertiary/aromatic N) is 1. The lowest BCUT2D eigenvalue weighted by molar-refractivity contribution is 0.0597. The van der Waals surface area contributed by atoms with Gasteiger partial charge >= 0.3 is 5.97 Å². The third-order valence-electron chi connectivity index (χ3n) is 1.29. The van der Waals surface area contributed by atoms with Crippen LogP contribution in [0.25, 0.3) is 0 Å². The van der Waals surface area contributed by atoms with Crippen LogP contribution in [-0.4, -0.2) is 29.2 Å². The lowest BCUT2D eigenvalue weighted by atomic mass is 10.2. The summed E-state index contributed by atoms with van der Waals surface area (Å²) in [6.45, 7) is 0. The summed E-state index contributed by atoms with van der Waals surface area (Å²) in [5.41, 5.74) is 4.94. The van der Waals surface area contributed by atoms with Gasteiger partial charge in [0, 0.05) is 0 Å². The molecule has 0 fully saturated rings. The van der Waals surface area contributed by atoms with E-state index in [0.29, 0.717) is 0 Å². The number of aromatic amines is 1. The van der Waals surface area contributed by atoms with Crippen molar-refractivity contribution in [1.29, 1.82) is 0 Å². The molecule has 0 aliphatic rings. The lowest BCUT2D eigenvalue weighted by Gasteiger charge is -1.95. The van der Waals surface area contributed by atoms with E-state index in [4.69, 9.17) is 5.73 Å². The van der Waals surface area contributed by atoms with Crippen molar-refractivity contribution in [2.24, 2.45) is 5.73 Å². The maximum atomic E-state index is 10.9. The van der Waals surface area contributed by atoms with Gasteiger partial charge in [0.25, 0.3) is 5.91 Å². The third kappa shape index (κ3) is 1.26. The summed E-state index contributed by atoms with van der Waals surface area (Å²) in [4.78, 5) is 21.6. The van der Waals surface area contributed by atoms with Gasteiger partial charge in [-0.2, -0.15) is 5.10 Å². The average molecular weight is 169 g/mol. The van der Waals surface area contributed by atoms with E-state index in [2.05, 4.69) is 14.9 Å². The van der Waals surface area contributed by atoms with Crippen molar-refractivity contribution in [2.75, 3.05) is 7.11 Å². The molecule has 64 valence electrons. The Morgan fingerprint density at radius 3 is 2.83 bits per heavy atom.